The number of ether oxygens (including phenoxy) is 1. The van der Waals surface area contributed by atoms with Crippen molar-refractivity contribution >= 4 is 0 Å². The second kappa shape index (κ2) is 5.14. The third-order valence-corrected chi connectivity index (χ3v) is 3.53. The molecule has 1 aliphatic rings. The molecule has 0 amide bonds. The van der Waals surface area contributed by atoms with E-state index in [1.807, 2.05) is 17.9 Å². The van der Waals surface area contributed by atoms with Crippen LogP contribution < -0.4 is 5.32 Å². The second-order valence-electron chi connectivity index (χ2n) is 4.87. The molecule has 0 spiro atoms. The fraction of sp³-hybridized carbons (Fsp3) is 0.833. The van der Waals surface area contributed by atoms with Crippen molar-refractivity contribution in [3.63, 3.8) is 0 Å². The molecule has 1 fully saturated rings. The van der Waals surface area contributed by atoms with Gasteiger partial charge in [-0.05, 0) is 33.2 Å². The molecule has 1 aromatic rings. The maximum Gasteiger partial charge on any atom is 0.0864 e. The normalized spacial score (nSPS) is 26.3. The van der Waals surface area contributed by atoms with Gasteiger partial charge in [0, 0.05) is 13.2 Å². The van der Waals surface area contributed by atoms with E-state index in [2.05, 4.69) is 29.5 Å². The number of aromatic nitrogens is 3. The molecular formula is C12H22N4O. The number of hydrogen-bond donors (Lipinski definition) is 1. The zero-order valence-electron chi connectivity index (χ0n) is 10.9. The molecule has 5 nitrogen and oxygen atoms in total. The largest absolute Gasteiger partial charge is 0.373 e. The molecule has 1 saturated heterocycles. The van der Waals surface area contributed by atoms with Crippen molar-refractivity contribution in [1.29, 1.82) is 0 Å². The lowest BCUT2D eigenvalue weighted by Gasteiger charge is -2.33. The highest BCUT2D eigenvalue weighted by Crippen LogP contribution is 2.36. The van der Waals surface area contributed by atoms with Gasteiger partial charge in [0.05, 0.1) is 23.5 Å². The Balaban J connectivity index is 2.25. The molecular weight excluding hydrogens is 216 g/mol. The Hall–Kier alpha value is -0.940. The molecule has 2 rings (SSSR count). The number of nitrogens with zero attached hydrogens (tertiary/aromatic N) is 3. The van der Waals surface area contributed by atoms with Gasteiger partial charge in [0.2, 0.25) is 0 Å². The Bertz CT molecular complexity index is 357. The molecule has 1 aliphatic heterocycles. The third kappa shape index (κ3) is 2.35. The lowest BCUT2D eigenvalue weighted by atomic mass is 9.91. The minimum absolute atomic E-state index is 0.137. The van der Waals surface area contributed by atoms with Crippen LogP contribution in [-0.2, 0) is 11.3 Å². The Kier molecular flexibility index (Phi) is 3.79. The van der Waals surface area contributed by atoms with E-state index in [9.17, 15) is 0 Å². The molecule has 2 atom stereocenters. The first-order valence-corrected chi connectivity index (χ1v) is 6.41. The van der Waals surface area contributed by atoms with E-state index in [0.29, 0.717) is 0 Å². The van der Waals surface area contributed by atoms with Crippen LogP contribution in [0.15, 0.2) is 6.20 Å². The Morgan fingerprint density at radius 1 is 1.65 bits per heavy atom. The zero-order valence-corrected chi connectivity index (χ0v) is 10.9. The van der Waals surface area contributed by atoms with Crippen molar-refractivity contribution in [2.45, 2.75) is 51.3 Å². The van der Waals surface area contributed by atoms with Crippen LogP contribution in [0, 0.1) is 0 Å². The van der Waals surface area contributed by atoms with Gasteiger partial charge in [-0.1, -0.05) is 12.1 Å². The summed E-state index contributed by atoms with van der Waals surface area (Å²) in [6.45, 7) is 6.08. The van der Waals surface area contributed by atoms with Crippen LogP contribution in [0.25, 0.3) is 0 Å². The quantitative estimate of drug-likeness (QED) is 0.845. The van der Waals surface area contributed by atoms with Gasteiger partial charge in [-0.15, -0.1) is 5.10 Å². The predicted octanol–water partition coefficient (Wildman–Crippen LogP) is 1.52. The average molecular weight is 238 g/mol. The lowest BCUT2D eigenvalue weighted by Crippen LogP contribution is -2.41. The van der Waals surface area contributed by atoms with E-state index in [0.717, 1.165) is 38.1 Å². The molecule has 0 radical (unpaired) electrons. The molecule has 5 heteroatoms. The van der Waals surface area contributed by atoms with E-state index in [1.54, 1.807) is 0 Å². The van der Waals surface area contributed by atoms with Gasteiger partial charge in [0.1, 0.15) is 0 Å². The van der Waals surface area contributed by atoms with Gasteiger partial charge < -0.3 is 10.1 Å². The molecule has 1 aromatic heterocycles. The summed E-state index contributed by atoms with van der Waals surface area (Å²) in [5.74, 6) is 0. The van der Waals surface area contributed by atoms with Crippen molar-refractivity contribution < 1.29 is 4.74 Å². The SMILES string of the molecule is CCCn1nncc1C(NC)C1(C)CCCO1. The first-order chi connectivity index (χ1) is 8.21. The van der Waals surface area contributed by atoms with E-state index < -0.39 is 0 Å². The molecule has 0 aliphatic carbocycles. The van der Waals surface area contributed by atoms with Crippen LogP contribution in [0.3, 0.4) is 0 Å². The predicted molar refractivity (Wildman–Crippen MR) is 65.7 cm³/mol. The van der Waals surface area contributed by atoms with Gasteiger partial charge in [-0.3, -0.25) is 0 Å². The van der Waals surface area contributed by atoms with E-state index in [1.165, 1.54) is 0 Å². The Morgan fingerprint density at radius 3 is 3.06 bits per heavy atom. The van der Waals surface area contributed by atoms with Crippen LogP contribution >= 0.6 is 0 Å². The van der Waals surface area contributed by atoms with Crippen molar-refractivity contribution in [3.8, 4) is 0 Å². The van der Waals surface area contributed by atoms with Crippen molar-refractivity contribution in [2.75, 3.05) is 13.7 Å². The minimum Gasteiger partial charge on any atom is -0.373 e. The van der Waals surface area contributed by atoms with Crippen molar-refractivity contribution in [1.82, 2.24) is 20.3 Å². The van der Waals surface area contributed by atoms with Crippen LogP contribution in [0.5, 0.6) is 0 Å². The van der Waals surface area contributed by atoms with Crippen LogP contribution in [-0.4, -0.2) is 34.2 Å². The zero-order chi connectivity index (χ0) is 12.3. The summed E-state index contributed by atoms with van der Waals surface area (Å²) in [5, 5.41) is 11.5. The Labute approximate surface area is 103 Å². The van der Waals surface area contributed by atoms with Crippen LogP contribution in [0.2, 0.25) is 0 Å². The second-order valence-corrected chi connectivity index (χ2v) is 4.87. The number of aryl methyl sites for hydroxylation is 1. The topological polar surface area (TPSA) is 52.0 Å². The van der Waals surface area contributed by atoms with Crippen molar-refractivity contribution in [3.05, 3.63) is 11.9 Å². The number of hydrogen-bond acceptors (Lipinski definition) is 4. The molecule has 96 valence electrons. The van der Waals surface area contributed by atoms with Crippen LogP contribution in [0.4, 0.5) is 0 Å². The monoisotopic (exact) mass is 238 g/mol. The van der Waals surface area contributed by atoms with Gasteiger partial charge >= 0.3 is 0 Å². The standard InChI is InChI=1S/C12H22N4O/c1-4-7-16-10(9-14-15-16)11(13-3)12(2)6-5-8-17-12/h9,11,13H,4-8H2,1-3H3. The summed E-state index contributed by atoms with van der Waals surface area (Å²) < 4.78 is 7.90. The molecule has 2 heterocycles. The van der Waals surface area contributed by atoms with Gasteiger partial charge in [-0.2, -0.15) is 0 Å². The molecule has 0 saturated carbocycles. The molecule has 17 heavy (non-hydrogen) atoms. The maximum atomic E-state index is 5.92. The number of nitrogens with one attached hydrogen (secondary N) is 1. The highest BCUT2D eigenvalue weighted by molar-refractivity contribution is 5.10. The summed E-state index contributed by atoms with van der Waals surface area (Å²) in [4.78, 5) is 0. The lowest BCUT2D eigenvalue weighted by molar-refractivity contribution is -0.0128. The van der Waals surface area contributed by atoms with Gasteiger partial charge in [-0.25, -0.2) is 4.68 Å². The van der Waals surface area contributed by atoms with Crippen molar-refractivity contribution in [2.24, 2.45) is 0 Å². The summed E-state index contributed by atoms with van der Waals surface area (Å²) >= 11 is 0. The van der Waals surface area contributed by atoms with E-state index >= 15 is 0 Å². The van der Waals surface area contributed by atoms with Crippen LogP contribution in [0.1, 0.15) is 44.8 Å². The summed E-state index contributed by atoms with van der Waals surface area (Å²) in [6, 6.07) is 0.159. The smallest absolute Gasteiger partial charge is 0.0864 e. The fourth-order valence-corrected chi connectivity index (χ4v) is 2.67. The molecule has 0 aromatic carbocycles. The molecule has 2 unspecified atom stereocenters. The fourth-order valence-electron chi connectivity index (χ4n) is 2.67. The average Bonchev–Trinajstić information content (AvgIpc) is 2.91. The highest BCUT2D eigenvalue weighted by Gasteiger charge is 2.40. The van der Waals surface area contributed by atoms with E-state index in [4.69, 9.17) is 4.74 Å². The molecule has 1 N–H and O–H groups in total. The van der Waals surface area contributed by atoms with Gasteiger partial charge in [0.25, 0.3) is 0 Å². The van der Waals surface area contributed by atoms with E-state index in [-0.39, 0.29) is 11.6 Å². The first-order valence-electron chi connectivity index (χ1n) is 6.41. The molecule has 0 bridgehead atoms. The Morgan fingerprint density at radius 2 is 2.47 bits per heavy atom. The maximum absolute atomic E-state index is 5.92. The highest BCUT2D eigenvalue weighted by atomic mass is 16.5. The summed E-state index contributed by atoms with van der Waals surface area (Å²) in [5.41, 5.74) is 0.987. The first kappa shape index (κ1) is 12.5. The number of rotatable bonds is 5. The third-order valence-electron chi connectivity index (χ3n) is 3.53. The minimum atomic E-state index is -0.137. The number of likely N-dealkylation sites (N-methyl/N-ethyl adjacent to an activating group) is 1. The summed E-state index contributed by atoms with van der Waals surface area (Å²) in [7, 11) is 1.97. The summed E-state index contributed by atoms with van der Waals surface area (Å²) in [6.07, 6.45) is 5.12. The van der Waals surface area contributed by atoms with Gasteiger partial charge in [0.15, 0.2) is 0 Å².